The van der Waals surface area contributed by atoms with E-state index in [1.54, 1.807) is 0 Å². The van der Waals surface area contributed by atoms with Gasteiger partial charge in [-0.3, -0.25) is 4.79 Å². The molecule has 1 amide bonds. The Balaban J connectivity index is 1.99. The van der Waals surface area contributed by atoms with Crippen LogP contribution in [-0.2, 0) is 4.79 Å². The minimum Gasteiger partial charge on any atom is -0.368 e. The molecule has 2 atom stereocenters. The molecule has 2 unspecified atom stereocenters. The SMILES string of the molecule is Cc1ccccc1SC(C)CC(C)(NC1CC1)C(N)=O. The molecule has 4 heteroatoms. The fraction of sp³-hybridized carbons (Fsp3) is 0.562. The average molecular weight is 292 g/mol. The van der Waals surface area contributed by atoms with E-state index in [4.69, 9.17) is 5.73 Å². The number of primary amides is 1. The average Bonchev–Trinajstić information content (AvgIpc) is 3.15. The molecule has 1 fully saturated rings. The first-order valence-corrected chi connectivity index (χ1v) is 8.08. The Hall–Kier alpha value is -1.00. The standard InChI is InChI=1S/C16H24N2OS/c1-11-6-4-5-7-14(11)20-12(2)10-16(3,15(17)19)18-13-8-9-13/h4-7,12-13,18H,8-10H2,1-3H3,(H2,17,19). The number of aryl methyl sites for hydroxylation is 1. The van der Waals surface area contributed by atoms with Crippen LogP contribution in [-0.4, -0.2) is 22.7 Å². The third-order valence-corrected chi connectivity index (χ3v) is 5.04. The molecule has 20 heavy (non-hydrogen) atoms. The predicted octanol–water partition coefficient (Wildman–Crippen LogP) is 2.86. The molecule has 0 saturated heterocycles. The largest absolute Gasteiger partial charge is 0.368 e. The maximum Gasteiger partial charge on any atom is 0.237 e. The Morgan fingerprint density at radius 1 is 1.50 bits per heavy atom. The summed E-state index contributed by atoms with van der Waals surface area (Å²) < 4.78 is 0. The lowest BCUT2D eigenvalue weighted by Crippen LogP contribution is -2.55. The zero-order chi connectivity index (χ0) is 14.8. The van der Waals surface area contributed by atoms with Crippen LogP contribution in [0.25, 0.3) is 0 Å². The molecule has 0 radical (unpaired) electrons. The molecule has 0 aliphatic heterocycles. The van der Waals surface area contributed by atoms with E-state index < -0.39 is 5.54 Å². The first-order valence-electron chi connectivity index (χ1n) is 7.20. The van der Waals surface area contributed by atoms with E-state index in [9.17, 15) is 4.79 Å². The Kier molecular flexibility index (Phi) is 4.76. The van der Waals surface area contributed by atoms with Crippen molar-refractivity contribution in [1.82, 2.24) is 5.32 Å². The maximum absolute atomic E-state index is 11.8. The van der Waals surface area contributed by atoms with Crippen LogP contribution in [0.5, 0.6) is 0 Å². The second-order valence-corrected chi connectivity index (χ2v) is 7.49. The summed E-state index contributed by atoms with van der Waals surface area (Å²) in [6, 6.07) is 8.82. The highest BCUT2D eigenvalue weighted by molar-refractivity contribution is 8.00. The van der Waals surface area contributed by atoms with Gasteiger partial charge in [-0.1, -0.05) is 25.1 Å². The smallest absolute Gasteiger partial charge is 0.237 e. The van der Waals surface area contributed by atoms with Crippen LogP contribution in [0.2, 0.25) is 0 Å². The van der Waals surface area contributed by atoms with E-state index in [1.807, 2.05) is 24.8 Å². The van der Waals surface area contributed by atoms with Crippen LogP contribution in [0.1, 0.15) is 38.7 Å². The first kappa shape index (κ1) is 15.4. The zero-order valence-electron chi connectivity index (χ0n) is 12.5. The number of hydrogen-bond donors (Lipinski definition) is 2. The second-order valence-electron chi connectivity index (χ2n) is 6.01. The molecule has 0 heterocycles. The van der Waals surface area contributed by atoms with Gasteiger partial charge in [0.25, 0.3) is 0 Å². The van der Waals surface area contributed by atoms with Crippen molar-refractivity contribution < 1.29 is 4.79 Å². The van der Waals surface area contributed by atoms with Crippen molar-refractivity contribution in [1.29, 1.82) is 0 Å². The monoisotopic (exact) mass is 292 g/mol. The van der Waals surface area contributed by atoms with Gasteiger partial charge in [0.15, 0.2) is 0 Å². The lowest BCUT2D eigenvalue weighted by molar-refractivity contribution is -0.124. The third-order valence-electron chi connectivity index (χ3n) is 3.76. The van der Waals surface area contributed by atoms with Crippen molar-refractivity contribution >= 4 is 17.7 Å². The van der Waals surface area contributed by atoms with Crippen molar-refractivity contribution in [3.05, 3.63) is 29.8 Å². The first-order chi connectivity index (χ1) is 9.40. The molecule has 1 aliphatic carbocycles. The van der Waals surface area contributed by atoms with E-state index >= 15 is 0 Å². The van der Waals surface area contributed by atoms with Crippen molar-refractivity contribution in [3.63, 3.8) is 0 Å². The number of thioether (sulfide) groups is 1. The Morgan fingerprint density at radius 2 is 2.15 bits per heavy atom. The van der Waals surface area contributed by atoms with E-state index in [0.29, 0.717) is 11.3 Å². The quantitative estimate of drug-likeness (QED) is 0.760. The molecule has 3 N–H and O–H groups in total. The summed E-state index contributed by atoms with van der Waals surface area (Å²) in [5.74, 6) is -0.248. The fourth-order valence-electron chi connectivity index (χ4n) is 2.43. The van der Waals surface area contributed by atoms with Gasteiger partial charge < -0.3 is 11.1 Å². The molecule has 0 spiro atoms. The van der Waals surface area contributed by atoms with Crippen molar-refractivity contribution in [2.45, 2.75) is 61.8 Å². The summed E-state index contributed by atoms with van der Waals surface area (Å²) in [5.41, 5.74) is 6.29. The predicted molar refractivity (Wildman–Crippen MR) is 84.9 cm³/mol. The number of nitrogens with two attached hydrogens (primary N) is 1. The van der Waals surface area contributed by atoms with Gasteiger partial charge in [-0.2, -0.15) is 0 Å². The van der Waals surface area contributed by atoms with Gasteiger partial charge in [-0.05, 0) is 44.7 Å². The van der Waals surface area contributed by atoms with E-state index in [0.717, 1.165) is 19.3 Å². The maximum atomic E-state index is 11.8. The van der Waals surface area contributed by atoms with Crippen LogP contribution < -0.4 is 11.1 Å². The zero-order valence-corrected chi connectivity index (χ0v) is 13.3. The molecule has 0 aromatic heterocycles. The van der Waals surface area contributed by atoms with Crippen LogP contribution in [0.15, 0.2) is 29.2 Å². The molecule has 110 valence electrons. The molecule has 1 aromatic rings. The normalized spacial score (nSPS) is 19.4. The highest BCUT2D eigenvalue weighted by atomic mass is 32.2. The molecular formula is C16H24N2OS. The van der Waals surface area contributed by atoms with E-state index in [1.165, 1.54) is 10.5 Å². The lowest BCUT2D eigenvalue weighted by atomic mass is 9.95. The van der Waals surface area contributed by atoms with Gasteiger partial charge in [-0.25, -0.2) is 0 Å². The Bertz CT molecular complexity index is 487. The number of carbonyl (C=O) groups is 1. The molecule has 2 rings (SSSR count). The highest BCUT2D eigenvalue weighted by Gasteiger charge is 2.38. The second kappa shape index (κ2) is 6.19. The summed E-state index contributed by atoms with van der Waals surface area (Å²) in [6.07, 6.45) is 3.06. The van der Waals surface area contributed by atoms with Gasteiger partial charge in [0.1, 0.15) is 0 Å². The van der Waals surface area contributed by atoms with Crippen molar-refractivity contribution in [3.8, 4) is 0 Å². The summed E-state index contributed by atoms with van der Waals surface area (Å²) in [6.45, 7) is 6.21. The molecule has 1 saturated carbocycles. The van der Waals surface area contributed by atoms with Crippen LogP contribution in [0, 0.1) is 6.92 Å². The number of hydrogen-bond acceptors (Lipinski definition) is 3. The number of nitrogens with one attached hydrogen (secondary N) is 1. The Labute approximate surface area is 125 Å². The number of benzene rings is 1. The summed E-state index contributed by atoms with van der Waals surface area (Å²) in [7, 11) is 0. The Morgan fingerprint density at radius 3 is 2.70 bits per heavy atom. The summed E-state index contributed by atoms with van der Waals surface area (Å²) >= 11 is 1.81. The van der Waals surface area contributed by atoms with Crippen LogP contribution in [0.3, 0.4) is 0 Å². The van der Waals surface area contributed by atoms with E-state index in [-0.39, 0.29) is 5.91 Å². The minimum atomic E-state index is -0.601. The van der Waals surface area contributed by atoms with Gasteiger partial charge in [0.2, 0.25) is 5.91 Å². The van der Waals surface area contributed by atoms with Gasteiger partial charge >= 0.3 is 0 Å². The number of carbonyl (C=O) groups excluding carboxylic acids is 1. The minimum absolute atomic E-state index is 0.248. The van der Waals surface area contributed by atoms with Gasteiger partial charge in [-0.15, -0.1) is 11.8 Å². The molecule has 1 aliphatic rings. The van der Waals surface area contributed by atoms with Crippen LogP contribution in [0.4, 0.5) is 0 Å². The summed E-state index contributed by atoms with van der Waals surface area (Å²) in [5, 5.41) is 3.74. The highest BCUT2D eigenvalue weighted by Crippen LogP contribution is 2.32. The molecular weight excluding hydrogens is 268 g/mol. The summed E-state index contributed by atoms with van der Waals surface area (Å²) in [4.78, 5) is 13.1. The molecule has 3 nitrogen and oxygen atoms in total. The lowest BCUT2D eigenvalue weighted by Gasteiger charge is -2.30. The van der Waals surface area contributed by atoms with Gasteiger partial charge in [0, 0.05) is 16.2 Å². The fourth-order valence-corrected chi connectivity index (χ4v) is 3.69. The topological polar surface area (TPSA) is 55.1 Å². The van der Waals surface area contributed by atoms with Crippen LogP contribution >= 0.6 is 11.8 Å². The molecule has 1 aromatic carbocycles. The third kappa shape index (κ3) is 4.00. The van der Waals surface area contributed by atoms with E-state index in [2.05, 4.69) is 37.4 Å². The van der Waals surface area contributed by atoms with Crippen molar-refractivity contribution in [2.24, 2.45) is 5.73 Å². The molecule has 0 bridgehead atoms. The van der Waals surface area contributed by atoms with Crippen molar-refractivity contribution in [2.75, 3.05) is 0 Å². The number of rotatable bonds is 7. The van der Waals surface area contributed by atoms with Gasteiger partial charge in [0.05, 0.1) is 5.54 Å². The number of amides is 1.